The number of hydrogen-bond acceptors (Lipinski definition) is 3. The summed E-state index contributed by atoms with van der Waals surface area (Å²) in [5.41, 5.74) is 4.79. The fourth-order valence-electron chi connectivity index (χ4n) is 3.87. The van der Waals surface area contributed by atoms with Gasteiger partial charge >= 0.3 is 0 Å². The predicted octanol–water partition coefficient (Wildman–Crippen LogP) is 4.83. The summed E-state index contributed by atoms with van der Waals surface area (Å²) in [5.74, 6) is 0.890. The Kier molecular flexibility index (Phi) is 7.29. The van der Waals surface area contributed by atoms with E-state index in [0.29, 0.717) is 11.2 Å². The van der Waals surface area contributed by atoms with Crippen LogP contribution in [0.4, 0.5) is 5.69 Å². The minimum Gasteiger partial charge on any atom is -0.497 e. The Bertz CT molecular complexity index is 765. The highest BCUT2D eigenvalue weighted by Crippen LogP contribution is 2.26. The Morgan fingerprint density at radius 1 is 1.04 bits per heavy atom. The summed E-state index contributed by atoms with van der Waals surface area (Å²) in [4.78, 5) is 2.57. The van der Waals surface area contributed by atoms with E-state index in [-0.39, 0.29) is 0 Å². The number of aryl methyl sites for hydroxylation is 2. The number of para-hydroxylation sites is 1. The van der Waals surface area contributed by atoms with Gasteiger partial charge in [0.25, 0.3) is 0 Å². The molecule has 0 radical (unpaired) electrons. The summed E-state index contributed by atoms with van der Waals surface area (Å²) in [6, 6.07) is 15.0. The standard InChI is InChI=1S/C23H31N3OS/c1-17-8-7-9-18(2)22(17)25-23(28)24-16-21(26-14-5-4-6-15-26)19-10-12-20(27-3)13-11-19/h7-13,21H,4-6,14-16H2,1-3H3,(H2,24,25,28). The van der Waals surface area contributed by atoms with E-state index in [1.54, 1.807) is 7.11 Å². The predicted molar refractivity (Wildman–Crippen MR) is 121 cm³/mol. The molecule has 2 aromatic carbocycles. The molecule has 1 aliphatic heterocycles. The Labute approximate surface area is 174 Å². The first-order valence-electron chi connectivity index (χ1n) is 10.1. The highest BCUT2D eigenvalue weighted by Gasteiger charge is 2.22. The van der Waals surface area contributed by atoms with Crippen molar-refractivity contribution in [2.45, 2.75) is 39.2 Å². The smallest absolute Gasteiger partial charge is 0.170 e. The van der Waals surface area contributed by atoms with E-state index < -0.39 is 0 Å². The van der Waals surface area contributed by atoms with Crippen LogP contribution in [0, 0.1) is 13.8 Å². The van der Waals surface area contributed by atoms with E-state index in [4.69, 9.17) is 17.0 Å². The lowest BCUT2D eigenvalue weighted by Gasteiger charge is -2.35. The van der Waals surface area contributed by atoms with E-state index >= 15 is 0 Å². The van der Waals surface area contributed by atoms with Gasteiger partial charge < -0.3 is 15.4 Å². The number of anilines is 1. The summed E-state index contributed by atoms with van der Waals surface area (Å²) in [5, 5.41) is 7.52. The molecule has 0 bridgehead atoms. The number of thiocarbonyl (C=S) groups is 1. The molecule has 2 N–H and O–H groups in total. The molecule has 4 nitrogen and oxygen atoms in total. The molecule has 1 aliphatic rings. The van der Waals surface area contributed by atoms with Gasteiger partial charge in [-0.25, -0.2) is 0 Å². The minimum absolute atomic E-state index is 0.295. The molecule has 1 saturated heterocycles. The Morgan fingerprint density at radius 2 is 1.68 bits per heavy atom. The van der Waals surface area contributed by atoms with Crippen LogP contribution in [0.1, 0.15) is 42.0 Å². The van der Waals surface area contributed by atoms with Crippen molar-refractivity contribution in [2.75, 3.05) is 32.1 Å². The molecule has 0 aliphatic carbocycles. The van der Waals surface area contributed by atoms with Crippen molar-refractivity contribution in [2.24, 2.45) is 0 Å². The molecule has 28 heavy (non-hydrogen) atoms. The fraction of sp³-hybridized carbons (Fsp3) is 0.435. The molecule has 1 unspecified atom stereocenters. The third-order valence-corrected chi connectivity index (χ3v) is 5.75. The molecule has 5 heteroatoms. The summed E-state index contributed by atoms with van der Waals surface area (Å²) in [7, 11) is 1.70. The number of ether oxygens (including phenoxy) is 1. The molecule has 0 spiro atoms. The number of rotatable bonds is 6. The van der Waals surface area contributed by atoms with Crippen molar-refractivity contribution >= 4 is 23.0 Å². The van der Waals surface area contributed by atoms with Crippen molar-refractivity contribution in [3.8, 4) is 5.75 Å². The summed E-state index contributed by atoms with van der Waals surface area (Å²) < 4.78 is 5.32. The van der Waals surface area contributed by atoms with Gasteiger partial charge in [-0.1, -0.05) is 36.8 Å². The Morgan fingerprint density at radius 3 is 2.29 bits per heavy atom. The highest BCUT2D eigenvalue weighted by atomic mass is 32.1. The molecule has 1 heterocycles. The van der Waals surface area contributed by atoms with Crippen molar-refractivity contribution in [1.82, 2.24) is 10.2 Å². The maximum Gasteiger partial charge on any atom is 0.170 e. The molecule has 2 aromatic rings. The second-order valence-corrected chi connectivity index (χ2v) is 7.90. The molecular weight excluding hydrogens is 366 g/mol. The van der Waals surface area contributed by atoms with Gasteiger partial charge in [0.15, 0.2) is 5.11 Å². The average Bonchev–Trinajstić information content (AvgIpc) is 2.72. The van der Waals surface area contributed by atoms with Crippen molar-refractivity contribution in [3.05, 3.63) is 59.2 Å². The zero-order valence-corrected chi connectivity index (χ0v) is 17.9. The third kappa shape index (κ3) is 5.24. The van der Waals surface area contributed by atoms with Gasteiger partial charge in [-0.2, -0.15) is 0 Å². The molecule has 150 valence electrons. The SMILES string of the molecule is COc1ccc(C(CNC(=S)Nc2c(C)cccc2C)N2CCCCC2)cc1. The highest BCUT2D eigenvalue weighted by molar-refractivity contribution is 7.80. The normalized spacial score (nSPS) is 15.7. The number of likely N-dealkylation sites (tertiary alicyclic amines) is 1. The largest absolute Gasteiger partial charge is 0.497 e. The molecule has 1 fully saturated rings. The van der Waals surface area contributed by atoms with Crippen LogP contribution in [-0.2, 0) is 0 Å². The first-order valence-corrected chi connectivity index (χ1v) is 10.5. The Hall–Kier alpha value is -2.11. The number of nitrogens with zero attached hydrogens (tertiary/aromatic N) is 1. The van der Waals surface area contributed by atoms with Crippen molar-refractivity contribution in [1.29, 1.82) is 0 Å². The van der Waals surface area contributed by atoms with E-state index in [1.807, 2.05) is 12.1 Å². The molecule has 1 atom stereocenters. The fourth-order valence-corrected chi connectivity index (χ4v) is 4.06. The summed E-state index contributed by atoms with van der Waals surface area (Å²) >= 11 is 5.60. The van der Waals surface area contributed by atoms with Crippen LogP contribution in [-0.4, -0.2) is 36.8 Å². The van der Waals surface area contributed by atoms with Gasteiger partial charge in [-0.05, 0) is 80.8 Å². The molecule has 3 rings (SSSR count). The van der Waals surface area contributed by atoms with Crippen LogP contribution in [0.3, 0.4) is 0 Å². The van der Waals surface area contributed by atoms with Gasteiger partial charge in [-0.15, -0.1) is 0 Å². The second kappa shape index (κ2) is 9.89. The van der Waals surface area contributed by atoms with E-state index in [9.17, 15) is 0 Å². The molecular formula is C23H31N3OS. The maximum absolute atomic E-state index is 5.60. The minimum atomic E-state index is 0.295. The number of hydrogen-bond donors (Lipinski definition) is 2. The lowest BCUT2D eigenvalue weighted by Crippen LogP contribution is -2.41. The van der Waals surface area contributed by atoms with Gasteiger partial charge in [0.1, 0.15) is 5.75 Å². The number of methoxy groups -OCH3 is 1. The molecule has 0 aromatic heterocycles. The van der Waals surface area contributed by atoms with Crippen LogP contribution in [0.2, 0.25) is 0 Å². The van der Waals surface area contributed by atoms with Gasteiger partial charge in [0, 0.05) is 12.2 Å². The van der Waals surface area contributed by atoms with Crippen LogP contribution in [0.5, 0.6) is 5.75 Å². The van der Waals surface area contributed by atoms with Gasteiger partial charge in [-0.3, -0.25) is 4.90 Å². The monoisotopic (exact) mass is 397 g/mol. The second-order valence-electron chi connectivity index (χ2n) is 7.49. The number of nitrogens with one attached hydrogen (secondary N) is 2. The number of piperidine rings is 1. The van der Waals surface area contributed by atoms with Crippen LogP contribution < -0.4 is 15.4 Å². The third-order valence-electron chi connectivity index (χ3n) is 5.51. The van der Waals surface area contributed by atoms with Crippen molar-refractivity contribution in [3.63, 3.8) is 0 Å². The summed E-state index contributed by atoms with van der Waals surface area (Å²) in [6.07, 6.45) is 3.85. The molecule has 0 saturated carbocycles. The zero-order valence-electron chi connectivity index (χ0n) is 17.1. The van der Waals surface area contributed by atoms with Crippen molar-refractivity contribution < 1.29 is 4.74 Å². The van der Waals surface area contributed by atoms with Crippen LogP contribution in [0.15, 0.2) is 42.5 Å². The Balaban J connectivity index is 1.69. The number of benzene rings is 2. The van der Waals surface area contributed by atoms with Crippen LogP contribution in [0.25, 0.3) is 0 Å². The average molecular weight is 398 g/mol. The first kappa shape index (κ1) is 20.6. The zero-order chi connectivity index (χ0) is 19.9. The lowest BCUT2D eigenvalue weighted by molar-refractivity contribution is 0.164. The maximum atomic E-state index is 5.60. The molecule has 0 amide bonds. The van der Waals surface area contributed by atoms with Gasteiger partial charge in [0.05, 0.1) is 13.2 Å². The quantitative estimate of drug-likeness (QED) is 0.683. The van der Waals surface area contributed by atoms with Crippen LogP contribution >= 0.6 is 12.2 Å². The van der Waals surface area contributed by atoms with Gasteiger partial charge in [0.2, 0.25) is 0 Å². The summed E-state index contributed by atoms with van der Waals surface area (Å²) in [6.45, 7) is 7.26. The first-order chi connectivity index (χ1) is 13.6. The topological polar surface area (TPSA) is 36.5 Å². The lowest BCUT2D eigenvalue weighted by atomic mass is 10.0. The van der Waals surface area contributed by atoms with E-state index in [1.165, 1.54) is 36.0 Å². The van der Waals surface area contributed by atoms with E-state index in [2.05, 4.69) is 59.7 Å². The van der Waals surface area contributed by atoms with E-state index in [0.717, 1.165) is 31.1 Å².